The Bertz CT molecular complexity index is 1490. The van der Waals surface area contributed by atoms with Crippen LogP contribution >= 0.6 is 0 Å². The van der Waals surface area contributed by atoms with Crippen molar-refractivity contribution in [2.75, 3.05) is 26.2 Å². The van der Waals surface area contributed by atoms with E-state index < -0.39 is 54.5 Å². The minimum Gasteiger partial charge on any atom is -0.459 e. The number of esters is 1. The molecular weight excluding hydrogens is 576 g/mol. The van der Waals surface area contributed by atoms with Crippen LogP contribution < -0.4 is 21.3 Å². The zero-order chi connectivity index (χ0) is 32.4. The number of amides is 4. The van der Waals surface area contributed by atoms with Crippen LogP contribution in [-0.2, 0) is 35.1 Å². The van der Waals surface area contributed by atoms with Gasteiger partial charge in [-0.15, -0.1) is 0 Å². The zero-order valence-corrected chi connectivity index (χ0v) is 25.6. The van der Waals surface area contributed by atoms with Crippen molar-refractivity contribution < 1.29 is 33.4 Å². The molecule has 3 aromatic carbocycles. The first kappa shape index (κ1) is 32.7. The Morgan fingerprint density at radius 3 is 1.91 bits per heavy atom. The van der Waals surface area contributed by atoms with Gasteiger partial charge in [0.1, 0.15) is 31.3 Å². The highest BCUT2D eigenvalue weighted by Gasteiger charge is 2.29. The van der Waals surface area contributed by atoms with E-state index >= 15 is 0 Å². The van der Waals surface area contributed by atoms with E-state index in [9.17, 15) is 24.0 Å². The number of carbonyl (C=O) groups excluding carboxylic acids is 5. The van der Waals surface area contributed by atoms with E-state index in [1.165, 1.54) is 0 Å². The SMILES string of the molecule is CC(C)(C)OC(=O)CNC(=O)[C@H](Cc1ccccc1)NC(=O)CNC(=O)CNC(=O)OCC1c2ccccc2-c2ccccc21. The zero-order valence-electron chi connectivity index (χ0n) is 25.6. The molecule has 0 unspecified atom stereocenters. The molecule has 0 aromatic heterocycles. The van der Waals surface area contributed by atoms with Crippen LogP contribution in [0.1, 0.15) is 43.4 Å². The second-order valence-electron chi connectivity index (χ2n) is 11.6. The molecule has 0 heterocycles. The van der Waals surface area contributed by atoms with Crippen LogP contribution in [0.4, 0.5) is 4.79 Å². The predicted octanol–water partition coefficient (Wildman–Crippen LogP) is 2.83. The van der Waals surface area contributed by atoms with E-state index in [2.05, 4.69) is 21.3 Å². The first-order valence-corrected chi connectivity index (χ1v) is 14.7. The summed E-state index contributed by atoms with van der Waals surface area (Å²) < 4.78 is 10.6. The summed E-state index contributed by atoms with van der Waals surface area (Å²) in [7, 11) is 0. The van der Waals surface area contributed by atoms with Crippen LogP contribution in [-0.4, -0.2) is 67.7 Å². The fourth-order valence-electron chi connectivity index (χ4n) is 5.01. The van der Waals surface area contributed by atoms with Crippen LogP contribution in [0.15, 0.2) is 78.9 Å². The Morgan fingerprint density at radius 1 is 0.711 bits per heavy atom. The lowest BCUT2D eigenvalue weighted by Crippen LogP contribution is -2.52. The van der Waals surface area contributed by atoms with Crippen LogP contribution in [0.5, 0.6) is 0 Å². The van der Waals surface area contributed by atoms with E-state index in [1.807, 2.05) is 54.6 Å². The summed E-state index contributed by atoms with van der Waals surface area (Å²) in [6.45, 7) is 4.04. The maximum atomic E-state index is 12.9. The molecule has 4 amide bonds. The normalized spacial score (nSPS) is 12.6. The first-order valence-electron chi connectivity index (χ1n) is 14.7. The molecule has 1 atom stereocenters. The van der Waals surface area contributed by atoms with Gasteiger partial charge in [0.2, 0.25) is 17.7 Å². The summed E-state index contributed by atoms with van der Waals surface area (Å²) in [6, 6.07) is 23.9. The summed E-state index contributed by atoms with van der Waals surface area (Å²) in [4.78, 5) is 62.3. The van der Waals surface area contributed by atoms with Crippen LogP contribution in [0.25, 0.3) is 11.1 Å². The Morgan fingerprint density at radius 2 is 1.29 bits per heavy atom. The van der Waals surface area contributed by atoms with Crippen molar-refractivity contribution in [1.82, 2.24) is 21.3 Å². The molecule has 0 bridgehead atoms. The van der Waals surface area contributed by atoms with Gasteiger partial charge in [-0.2, -0.15) is 0 Å². The quantitative estimate of drug-likeness (QED) is 0.229. The second-order valence-corrected chi connectivity index (χ2v) is 11.6. The van der Waals surface area contributed by atoms with Crippen molar-refractivity contribution in [3.05, 3.63) is 95.6 Å². The van der Waals surface area contributed by atoms with Gasteiger partial charge in [0.05, 0.1) is 6.54 Å². The van der Waals surface area contributed by atoms with E-state index in [4.69, 9.17) is 9.47 Å². The molecule has 0 saturated heterocycles. The number of carbonyl (C=O) groups is 5. The van der Waals surface area contributed by atoms with Crippen molar-refractivity contribution in [2.45, 2.75) is 44.8 Å². The molecule has 1 aliphatic carbocycles. The van der Waals surface area contributed by atoms with Crippen molar-refractivity contribution in [3.63, 3.8) is 0 Å². The third-order valence-corrected chi connectivity index (χ3v) is 6.94. The van der Waals surface area contributed by atoms with Gasteiger partial charge < -0.3 is 30.7 Å². The number of fused-ring (bicyclic) bond motifs is 3. The van der Waals surface area contributed by atoms with Gasteiger partial charge in [-0.1, -0.05) is 78.9 Å². The first-order chi connectivity index (χ1) is 21.5. The highest BCUT2D eigenvalue weighted by atomic mass is 16.6. The van der Waals surface area contributed by atoms with E-state index in [-0.39, 0.29) is 25.5 Å². The lowest BCUT2D eigenvalue weighted by atomic mass is 9.98. The maximum absolute atomic E-state index is 12.9. The van der Waals surface area contributed by atoms with Gasteiger partial charge in [-0.25, -0.2) is 4.79 Å². The third kappa shape index (κ3) is 9.65. The Hall–Kier alpha value is -5.19. The summed E-state index contributed by atoms with van der Waals surface area (Å²) in [5.41, 5.74) is 4.42. The van der Waals surface area contributed by atoms with Crippen molar-refractivity contribution >= 4 is 29.8 Å². The number of rotatable bonds is 12. The molecular formula is C34H38N4O7. The largest absolute Gasteiger partial charge is 0.459 e. The number of ether oxygens (including phenoxy) is 2. The molecule has 0 saturated carbocycles. The van der Waals surface area contributed by atoms with Crippen molar-refractivity contribution in [3.8, 4) is 11.1 Å². The topological polar surface area (TPSA) is 152 Å². The molecule has 0 spiro atoms. The van der Waals surface area contributed by atoms with Crippen molar-refractivity contribution in [2.24, 2.45) is 0 Å². The fourth-order valence-corrected chi connectivity index (χ4v) is 5.01. The minimum atomic E-state index is -1.02. The number of nitrogens with one attached hydrogen (secondary N) is 4. The summed E-state index contributed by atoms with van der Waals surface area (Å²) in [5, 5.41) is 9.91. The van der Waals surface area contributed by atoms with Gasteiger partial charge in [0.25, 0.3) is 0 Å². The standard InChI is InChI=1S/C34H38N4O7/c1-34(2,3)45-31(41)20-36-32(42)28(17-22-11-5-4-6-12-22)38-30(40)19-35-29(39)18-37-33(43)44-21-27-25-15-9-7-13-23(25)24-14-8-10-16-26(24)27/h4-16,27-28H,17-21H2,1-3H3,(H,35,39)(H,36,42)(H,37,43)(H,38,40)/t28-/m0/s1. The lowest BCUT2D eigenvalue weighted by Gasteiger charge is -2.21. The Labute approximate surface area is 262 Å². The third-order valence-electron chi connectivity index (χ3n) is 6.94. The maximum Gasteiger partial charge on any atom is 0.407 e. The monoisotopic (exact) mass is 614 g/mol. The molecule has 1 aliphatic rings. The van der Waals surface area contributed by atoms with Gasteiger partial charge >= 0.3 is 12.1 Å². The van der Waals surface area contributed by atoms with Gasteiger partial charge in [-0.05, 0) is 48.6 Å². The highest BCUT2D eigenvalue weighted by molar-refractivity contribution is 5.92. The average Bonchev–Trinajstić information content (AvgIpc) is 3.33. The molecule has 3 aromatic rings. The molecule has 11 heteroatoms. The molecule has 4 N–H and O–H groups in total. The van der Waals surface area contributed by atoms with E-state index in [1.54, 1.807) is 45.0 Å². The Balaban J connectivity index is 1.22. The smallest absolute Gasteiger partial charge is 0.407 e. The van der Waals surface area contributed by atoms with E-state index in [0.717, 1.165) is 27.8 Å². The number of alkyl carbamates (subject to hydrolysis) is 1. The molecule has 11 nitrogen and oxygen atoms in total. The number of hydrogen-bond acceptors (Lipinski definition) is 7. The fraction of sp³-hybridized carbons (Fsp3) is 0.324. The summed E-state index contributed by atoms with van der Waals surface area (Å²) in [6.07, 6.45) is -0.606. The average molecular weight is 615 g/mol. The molecule has 0 radical (unpaired) electrons. The molecule has 45 heavy (non-hydrogen) atoms. The minimum absolute atomic E-state index is 0.0999. The molecule has 0 aliphatic heterocycles. The highest BCUT2D eigenvalue weighted by Crippen LogP contribution is 2.44. The van der Waals surface area contributed by atoms with E-state index in [0.29, 0.717) is 0 Å². The van der Waals surface area contributed by atoms with Gasteiger partial charge in [-0.3, -0.25) is 19.2 Å². The summed E-state index contributed by atoms with van der Waals surface area (Å²) >= 11 is 0. The van der Waals surface area contributed by atoms with Gasteiger partial charge in [0.15, 0.2) is 0 Å². The molecule has 4 rings (SSSR count). The number of hydrogen-bond donors (Lipinski definition) is 4. The molecule has 236 valence electrons. The Kier molecular flexibility index (Phi) is 10.9. The predicted molar refractivity (Wildman–Crippen MR) is 167 cm³/mol. The van der Waals surface area contributed by atoms with Crippen LogP contribution in [0.2, 0.25) is 0 Å². The summed E-state index contributed by atoms with van der Waals surface area (Å²) in [5.74, 6) is -2.56. The van der Waals surface area contributed by atoms with Crippen LogP contribution in [0.3, 0.4) is 0 Å². The van der Waals surface area contributed by atoms with Crippen LogP contribution in [0, 0.1) is 0 Å². The van der Waals surface area contributed by atoms with Gasteiger partial charge in [0, 0.05) is 12.3 Å². The number of benzene rings is 3. The van der Waals surface area contributed by atoms with Crippen molar-refractivity contribution in [1.29, 1.82) is 0 Å². The second kappa shape index (κ2) is 15.0. The molecule has 0 fully saturated rings. The lowest BCUT2D eigenvalue weighted by molar-refractivity contribution is -0.154.